The average molecular weight is 273 g/mol. The van der Waals surface area contributed by atoms with E-state index in [0.717, 1.165) is 16.8 Å². The Morgan fingerprint density at radius 1 is 1.35 bits per heavy atom. The predicted octanol–water partition coefficient (Wildman–Crippen LogP) is 1.35. The van der Waals surface area contributed by atoms with Crippen molar-refractivity contribution in [1.29, 1.82) is 0 Å². The molecule has 2 aromatic rings. The molecular formula is C15H19N3O2. The van der Waals surface area contributed by atoms with Crippen LogP contribution in [0.3, 0.4) is 0 Å². The summed E-state index contributed by atoms with van der Waals surface area (Å²) in [6, 6.07) is 9.11. The Kier molecular flexibility index (Phi) is 4.20. The van der Waals surface area contributed by atoms with Crippen molar-refractivity contribution >= 4 is 5.69 Å². The minimum Gasteiger partial charge on any atom is -0.386 e. The molecule has 0 aliphatic rings. The number of nitrogens with zero attached hydrogens (tertiary/aromatic N) is 3. The monoisotopic (exact) mass is 273 g/mol. The third-order valence-electron chi connectivity index (χ3n) is 3.14. The summed E-state index contributed by atoms with van der Waals surface area (Å²) in [5.74, 6) is 0. The molecule has 0 amide bonds. The van der Waals surface area contributed by atoms with Gasteiger partial charge in [0.25, 0.3) is 5.56 Å². The molecular weight excluding hydrogens is 254 g/mol. The number of hydrogen-bond donors (Lipinski definition) is 1. The van der Waals surface area contributed by atoms with Gasteiger partial charge in [0, 0.05) is 20.2 Å². The van der Waals surface area contributed by atoms with E-state index in [1.165, 1.54) is 10.7 Å². The number of aryl methyl sites for hydroxylation is 1. The second-order valence-electron chi connectivity index (χ2n) is 5.06. The van der Waals surface area contributed by atoms with Crippen molar-refractivity contribution in [2.45, 2.75) is 19.6 Å². The largest absolute Gasteiger partial charge is 0.386 e. The number of aliphatic hydroxyl groups is 1. The minimum absolute atomic E-state index is 0.149. The van der Waals surface area contributed by atoms with Gasteiger partial charge in [0.05, 0.1) is 24.5 Å². The van der Waals surface area contributed by atoms with E-state index in [1.807, 2.05) is 50.2 Å². The van der Waals surface area contributed by atoms with Crippen molar-refractivity contribution in [3.05, 3.63) is 58.0 Å². The van der Waals surface area contributed by atoms with Gasteiger partial charge in [0.15, 0.2) is 0 Å². The fourth-order valence-corrected chi connectivity index (χ4v) is 1.95. The van der Waals surface area contributed by atoms with E-state index in [0.29, 0.717) is 0 Å². The van der Waals surface area contributed by atoms with E-state index in [-0.39, 0.29) is 12.1 Å². The molecule has 0 saturated carbocycles. The van der Waals surface area contributed by atoms with Crippen molar-refractivity contribution in [3.63, 3.8) is 0 Å². The Morgan fingerprint density at radius 2 is 2.10 bits per heavy atom. The first-order valence-corrected chi connectivity index (χ1v) is 6.46. The molecule has 0 fully saturated rings. The first-order valence-electron chi connectivity index (χ1n) is 6.46. The number of anilines is 1. The first kappa shape index (κ1) is 14.3. The number of aliphatic hydroxyl groups excluding tert-OH is 1. The minimum atomic E-state index is -0.745. The van der Waals surface area contributed by atoms with E-state index in [9.17, 15) is 9.90 Å². The van der Waals surface area contributed by atoms with Gasteiger partial charge in [-0.05, 0) is 12.5 Å². The topological polar surface area (TPSA) is 58.4 Å². The van der Waals surface area contributed by atoms with Crippen molar-refractivity contribution in [2.75, 3.05) is 19.0 Å². The lowest BCUT2D eigenvalue weighted by atomic mass is 10.1. The molecule has 1 atom stereocenters. The van der Waals surface area contributed by atoms with Crippen LogP contribution in [0.15, 0.2) is 41.3 Å². The van der Waals surface area contributed by atoms with Crippen molar-refractivity contribution in [2.24, 2.45) is 0 Å². The predicted molar refractivity (Wildman–Crippen MR) is 79.0 cm³/mol. The maximum Gasteiger partial charge on any atom is 0.268 e. The van der Waals surface area contributed by atoms with Gasteiger partial charge in [0.1, 0.15) is 0 Å². The molecule has 0 aliphatic carbocycles. The molecule has 5 heteroatoms. The first-order chi connectivity index (χ1) is 9.47. The number of benzene rings is 1. The van der Waals surface area contributed by atoms with E-state index in [1.54, 1.807) is 6.20 Å². The lowest BCUT2D eigenvalue weighted by molar-refractivity contribution is 0.149. The molecule has 5 nitrogen and oxygen atoms in total. The Balaban J connectivity index is 2.20. The zero-order valence-electron chi connectivity index (χ0n) is 11.9. The second-order valence-corrected chi connectivity index (χ2v) is 5.06. The normalized spacial score (nSPS) is 12.2. The summed E-state index contributed by atoms with van der Waals surface area (Å²) >= 11 is 0. The highest BCUT2D eigenvalue weighted by Gasteiger charge is 2.11. The van der Waals surface area contributed by atoms with Gasteiger partial charge < -0.3 is 10.0 Å². The molecule has 1 N–H and O–H groups in total. The van der Waals surface area contributed by atoms with E-state index in [4.69, 9.17) is 0 Å². The summed E-state index contributed by atoms with van der Waals surface area (Å²) in [4.78, 5) is 13.8. The van der Waals surface area contributed by atoms with Crippen LogP contribution in [0.2, 0.25) is 0 Å². The number of rotatable bonds is 4. The van der Waals surface area contributed by atoms with Crippen LogP contribution < -0.4 is 10.5 Å². The van der Waals surface area contributed by atoms with Gasteiger partial charge in [-0.1, -0.05) is 29.8 Å². The molecule has 0 spiro atoms. The summed E-state index contributed by atoms with van der Waals surface area (Å²) in [7, 11) is 3.70. The maximum atomic E-state index is 11.9. The van der Waals surface area contributed by atoms with Gasteiger partial charge in [0.2, 0.25) is 0 Å². The SMILES string of the molecule is Cc1cccc(C(O)Cn2ncc(N(C)C)cc2=O)c1. The molecule has 0 radical (unpaired) electrons. The molecule has 2 rings (SSSR count). The van der Waals surface area contributed by atoms with Crippen LogP contribution in [0.4, 0.5) is 5.69 Å². The summed E-state index contributed by atoms with van der Waals surface area (Å²) in [5.41, 5.74) is 2.39. The van der Waals surface area contributed by atoms with E-state index in [2.05, 4.69) is 5.10 Å². The lowest BCUT2D eigenvalue weighted by Crippen LogP contribution is -2.26. The molecule has 1 aromatic carbocycles. The second kappa shape index (κ2) is 5.88. The van der Waals surface area contributed by atoms with Gasteiger partial charge in [-0.2, -0.15) is 5.10 Å². The molecule has 0 saturated heterocycles. The van der Waals surface area contributed by atoms with Crippen LogP contribution in [0.1, 0.15) is 17.2 Å². The molecule has 0 aliphatic heterocycles. The Morgan fingerprint density at radius 3 is 2.70 bits per heavy atom. The lowest BCUT2D eigenvalue weighted by Gasteiger charge is -2.15. The molecule has 1 heterocycles. The third kappa shape index (κ3) is 3.24. The van der Waals surface area contributed by atoms with Crippen LogP contribution in [-0.4, -0.2) is 29.0 Å². The fourth-order valence-electron chi connectivity index (χ4n) is 1.95. The van der Waals surface area contributed by atoms with Crippen LogP contribution in [0.5, 0.6) is 0 Å². The summed E-state index contributed by atoms with van der Waals surface area (Å²) in [6.07, 6.45) is 0.870. The quantitative estimate of drug-likeness (QED) is 0.913. The standard InChI is InChI=1S/C15H19N3O2/c1-11-5-4-6-12(7-11)14(19)10-18-15(20)8-13(9-16-18)17(2)3/h4-9,14,19H,10H2,1-3H3. The van der Waals surface area contributed by atoms with E-state index < -0.39 is 6.10 Å². The summed E-state index contributed by atoms with van der Waals surface area (Å²) in [5, 5.41) is 14.3. The van der Waals surface area contributed by atoms with Gasteiger partial charge in [-0.3, -0.25) is 4.79 Å². The smallest absolute Gasteiger partial charge is 0.268 e. The molecule has 106 valence electrons. The van der Waals surface area contributed by atoms with Gasteiger partial charge >= 0.3 is 0 Å². The highest BCUT2D eigenvalue weighted by atomic mass is 16.3. The van der Waals surface area contributed by atoms with Crippen LogP contribution >= 0.6 is 0 Å². The molecule has 1 aromatic heterocycles. The molecule has 0 bridgehead atoms. The zero-order chi connectivity index (χ0) is 14.7. The Hall–Kier alpha value is -2.14. The van der Waals surface area contributed by atoms with Crippen molar-refractivity contribution in [1.82, 2.24) is 9.78 Å². The molecule has 1 unspecified atom stereocenters. The van der Waals surface area contributed by atoms with Crippen LogP contribution in [-0.2, 0) is 6.54 Å². The summed E-state index contributed by atoms with van der Waals surface area (Å²) < 4.78 is 1.28. The highest BCUT2D eigenvalue weighted by Crippen LogP contribution is 2.15. The van der Waals surface area contributed by atoms with Crippen LogP contribution in [0.25, 0.3) is 0 Å². The average Bonchev–Trinajstić information content (AvgIpc) is 2.40. The highest BCUT2D eigenvalue weighted by molar-refractivity contribution is 5.40. The third-order valence-corrected chi connectivity index (χ3v) is 3.14. The molecule has 20 heavy (non-hydrogen) atoms. The van der Waals surface area contributed by atoms with Crippen molar-refractivity contribution in [3.8, 4) is 0 Å². The Bertz CT molecular complexity index is 650. The number of aromatic nitrogens is 2. The zero-order valence-corrected chi connectivity index (χ0v) is 11.9. The number of hydrogen-bond acceptors (Lipinski definition) is 4. The van der Waals surface area contributed by atoms with Crippen LogP contribution in [0, 0.1) is 6.92 Å². The fraction of sp³-hybridized carbons (Fsp3) is 0.333. The van der Waals surface area contributed by atoms with Gasteiger partial charge in [-0.25, -0.2) is 4.68 Å². The Labute approximate surface area is 118 Å². The van der Waals surface area contributed by atoms with E-state index >= 15 is 0 Å². The maximum absolute atomic E-state index is 11.9. The summed E-state index contributed by atoms with van der Waals surface area (Å²) in [6.45, 7) is 2.11. The van der Waals surface area contributed by atoms with Crippen molar-refractivity contribution < 1.29 is 5.11 Å². The van der Waals surface area contributed by atoms with Gasteiger partial charge in [-0.15, -0.1) is 0 Å².